The van der Waals surface area contributed by atoms with Crippen LogP contribution < -0.4 is 9.47 Å². The van der Waals surface area contributed by atoms with Gasteiger partial charge < -0.3 is 9.47 Å². The predicted molar refractivity (Wildman–Crippen MR) is 78.0 cm³/mol. The molecule has 0 saturated carbocycles. The summed E-state index contributed by atoms with van der Waals surface area (Å²) in [6.07, 6.45) is 0.903. The van der Waals surface area contributed by atoms with Crippen molar-refractivity contribution in [1.29, 1.82) is 0 Å². The number of hydrogen-bond acceptors (Lipinski definition) is 3. The van der Waals surface area contributed by atoms with E-state index in [1.807, 2.05) is 24.3 Å². The Labute approximate surface area is 121 Å². The molecule has 0 saturated heterocycles. The van der Waals surface area contributed by atoms with Crippen LogP contribution in [0.15, 0.2) is 47.4 Å². The first-order valence-corrected chi connectivity index (χ1v) is 7.57. The lowest BCUT2D eigenvalue weighted by Gasteiger charge is -2.09. The maximum atomic E-state index is 13.1. The van der Waals surface area contributed by atoms with E-state index in [9.17, 15) is 4.39 Å². The average molecular weight is 290 g/mol. The summed E-state index contributed by atoms with van der Waals surface area (Å²) in [5.74, 6) is 2.14. The molecule has 2 nitrogen and oxygen atoms in total. The first-order valence-electron chi connectivity index (χ1n) is 6.58. The number of fused-ring (bicyclic) bond motifs is 1. The number of rotatable bonds is 3. The van der Waals surface area contributed by atoms with Crippen LogP contribution in [0.4, 0.5) is 4.39 Å². The van der Waals surface area contributed by atoms with E-state index in [-0.39, 0.29) is 5.82 Å². The van der Waals surface area contributed by atoms with Crippen LogP contribution in [-0.2, 0) is 5.75 Å². The summed E-state index contributed by atoms with van der Waals surface area (Å²) in [6, 6.07) is 12.6. The third-order valence-electron chi connectivity index (χ3n) is 3.01. The fraction of sp³-hybridized carbons (Fsp3) is 0.250. The van der Waals surface area contributed by atoms with Gasteiger partial charge in [0.25, 0.3) is 0 Å². The summed E-state index contributed by atoms with van der Waals surface area (Å²) in [7, 11) is 0. The van der Waals surface area contributed by atoms with Crippen molar-refractivity contribution in [3.63, 3.8) is 0 Å². The fourth-order valence-electron chi connectivity index (χ4n) is 2.03. The molecule has 104 valence electrons. The molecule has 0 amide bonds. The standard InChI is InChI=1S/C16H15FO2S/c17-13-4-1-3-12(9-13)11-20-14-5-6-15-16(10-14)19-8-2-7-18-15/h1,3-6,9-10H,2,7-8,11H2. The Hall–Kier alpha value is -1.68. The van der Waals surface area contributed by atoms with Crippen molar-refractivity contribution in [1.82, 2.24) is 0 Å². The molecule has 1 aliphatic heterocycles. The van der Waals surface area contributed by atoms with Crippen LogP contribution in [0.5, 0.6) is 11.5 Å². The van der Waals surface area contributed by atoms with Crippen molar-refractivity contribution in [3.05, 3.63) is 53.8 Å². The van der Waals surface area contributed by atoms with Gasteiger partial charge in [0, 0.05) is 17.1 Å². The van der Waals surface area contributed by atoms with E-state index >= 15 is 0 Å². The third kappa shape index (κ3) is 3.25. The van der Waals surface area contributed by atoms with Crippen molar-refractivity contribution in [3.8, 4) is 11.5 Å². The predicted octanol–water partition coefficient (Wildman–Crippen LogP) is 4.28. The van der Waals surface area contributed by atoms with E-state index < -0.39 is 0 Å². The Morgan fingerprint density at radius 2 is 1.85 bits per heavy atom. The molecule has 0 spiro atoms. The minimum absolute atomic E-state index is 0.193. The van der Waals surface area contributed by atoms with Crippen LogP contribution in [0.1, 0.15) is 12.0 Å². The molecular formula is C16H15FO2S. The van der Waals surface area contributed by atoms with Gasteiger partial charge in [0.05, 0.1) is 13.2 Å². The van der Waals surface area contributed by atoms with Crippen LogP contribution in [0.3, 0.4) is 0 Å². The fourth-order valence-corrected chi connectivity index (χ4v) is 2.89. The van der Waals surface area contributed by atoms with Gasteiger partial charge in [0.15, 0.2) is 11.5 Å². The van der Waals surface area contributed by atoms with Gasteiger partial charge in [0.1, 0.15) is 5.82 Å². The second-order valence-electron chi connectivity index (χ2n) is 4.58. The minimum atomic E-state index is -0.193. The quantitative estimate of drug-likeness (QED) is 0.786. The van der Waals surface area contributed by atoms with Gasteiger partial charge in [-0.3, -0.25) is 0 Å². The number of thioether (sulfide) groups is 1. The van der Waals surface area contributed by atoms with E-state index in [4.69, 9.17) is 9.47 Å². The Morgan fingerprint density at radius 3 is 2.70 bits per heavy atom. The monoisotopic (exact) mass is 290 g/mol. The number of halogens is 1. The second kappa shape index (κ2) is 6.18. The highest BCUT2D eigenvalue weighted by Crippen LogP contribution is 2.34. The molecule has 2 aromatic rings. The van der Waals surface area contributed by atoms with E-state index in [2.05, 4.69) is 0 Å². The molecular weight excluding hydrogens is 275 g/mol. The molecule has 4 heteroatoms. The van der Waals surface area contributed by atoms with Gasteiger partial charge in [-0.15, -0.1) is 11.8 Å². The molecule has 3 rings (SSSR count). The van der Waals surface area contributed by atoms with Gasteiger partial charge in [-0.2, -0.15) is 0 Å². The van der Waals surface area contributed by atoms with E-state index in [0.717, 1.165) is 34.1 Å². The summed E-state index contributed by atoms with van der Waals surface area (Å²) in [5, 5.41) is 0. The Morgan fingerprint density at radius 1 is 1.00 bits per heavy atom. The zero-order valence-corrected chi connectivity index (χ0v) is 11.8. The third-order valence-corrected chi connectivity index (χ3v) is 4.08. The number of ether oxygens (including phenoxy) is 2. The minimum Gasteiger partial charge on any atom is -0.490 e. The molecule has 0 radical (unpaired) electrons. The van der Waals surface area contributed by atoms with Crippen LogP contribution in [-0.4, -0.2) is 13.2 Å². The lowest BCUT2D eigenvalue weighted by molar-refractivity contribution is 0.297. The largest absolute Gasteiger partial charge is 0.490 e. The van der Waals surface area contributed by atoms with Crippen LogP contribution in [0.25, 0.3) is 0 Å². The maximum Gasteiger partial charge on any atom is 0.162 e. The topological polar surface area (TPSA) is 18.5 Å². The molecule has 2 aromatic carbocycles. The normalized spacial score (nSPS) is 13.8. The molecule has 0 aromatic heterocycles. The summed E-state index contributed by atoms with van der Waals surface area (Å²) >= 11 is 1.66. The summed E-state index contributed by atoms with van der Waals surface area (Å²) in [6.45, 7) is 1.38. The van der Waals surface area contributed by atoms with Crippen molar-refractivity contribution in [2.45, 2.75) is 17.1 Å². The van der Waals surface area contributed by atoms with Crippen LogP contribution in [0, 0.1) is 5.82 Å². The Kier molecular flexibility index (Phi) is 4.11. The Bertz CT molecular complexity index is 601. The highest BCUT2D eigenvalue weighted by Gasteiger charge is 2.10. The van der Waals surface area contributed by atoms with Gasteiger partial charge in [0.2, 0.25) is 0 Å². The van der Waals surface area contributed by atoms with Gasteiger partial charge >= 0.3 is 0 Å². The molecule has 0 bridgehead atoms. The zero-order chi connectivity index (χ0) is 13.8. The molecule has 1 aliphatic rings. The highest BCUT2D eigenvalue weighted by atomic mass is 32.2. The van der Waals surface area contributed by atoms with Crippen molar-refractivity contribution in [2.75, 3.05) is 13.2 Å². The average Bonchev–Trinajstić information content (AvgIpc) is 2.70. The van der Waals surface area contributed by atoms with Crippen molar-refractivity contribution in [2.24, 2.45) is 0 Å². The van der Waals surface area contributed by atoms with Gasteiger partial charge in [-0.1, -0.05) is 12.1 Å². The van der Waals surface area contributed by atoms with E-state index in [0.29, 0.717) is 13.2 Å². The zero-order valence-electron chi connectivity index (χ0n) is 11.0. The molecule has 0 aliphatic carbocycles. The first-order chi connectivity index (χ1) is 9.81. The van der Waals surface area contributed by atoms with Crippen LogP contribution >= 0.6 is 11.8 Å². The van der Waals surface area contributed by atoms with Crippen LogP contribution in [0.2, 0.25) is 0 Å². The maximum absolute atomic E-state index is 13.1. The summed E-state index contributed by atoms with van der Waals surface area (Å²) in [5.41, 5.74) is 0.974. The first kappa shape index (κ1) is 13.3. The molecule has 0 fully saturated rings. The lowest BCUT2D eigenvalue weighted by atomic mass is 10.2. The molecule has 1 heterocycles. The second-order valence-corrected chi connectivity index (χ2v) is 5.63. The van der Waals surface area contributed by atoms with Crippen molar-refractivity contribution >= 4 is 11.8 Å². The lowest BCUT2D eigenvalue weighted by Crippen LogP contribution is -1.97. The van der Waals surface area contributed by atoms with Crippen molar-refractivity contribution < 1.29 is 13.9 Å². The SMILES string of the molecule is Fc1cccc(CSc2ccc3c(c2)OCCCO3)c1. The summed E-state index contributed by atoms with van der Waals surface area (Å²) < 4.78 is 24.4. The number of hydrogen-bond donors (Lipinski definition) is 0. The van der Waals surface area contributed by atoms with Gasteiger partial charge in [-0.25, -0.2) is 4.39 Å². The Balaban J connectivity index is 1.70. The molecule has 0 atom stereocenters. The number of benzene rings is 2. The van der Waals surface area contributed by atoms with Gasteiger partial charge in [-0.05, 0) is 35.9 Å². The van der Waals surface area contributed by atoms with E-state index in [1.54, 1.807) is 23.9 Å². The van der Waals surface area contributed by atoms with E-state index in [1.165, 1.54) is 6.07 Å². The summed E-state index contributed by atoms with van der Waals surface area (Å²) in [4.78, 5) is 1.10. The highest BCUT2D eigenvalue weighted by molar-refractivity contribution is 7.98. The molecule has 20 heavy (non-hydrogen) atoms. The molecule has 0 unspecified atom stereocenters. The smallest absolute Gasteiger partial charge is 0.162 e. The molecule has 0 N–H and O–H groups in total.